The number of allylic oxidation sites excluding steroid dienone is 1. The van der Waals surface area contributed by atoms with E-state index < -0.39 is 0 Å². The van der Waals surface area contributed by atoms with Crippen molar-refractivity contribution in [2.24, 2.45) is 5.73 Å². The average molecular weight is 175 g/mol. The third kappa shape index (κ3) is 2.62. The van der Waals surface area contributed by atoms with Gasteiger partial charge in [0, 0.05) is 5.70 Å². The van der Waals surface area contributed by atoms with Gasteiger partial charge in [0.05, 0.1) is 0 Å². The molecule has 1 heteroatoms. The van der Waals surface area contributed by atoms with Crippen LogP contribution in [0, 0.1) is 6.92 Å². The first-order valence-electron chi connectivity index (χ1n) is 4.77. The summed E-state index contributed by atoms with van der Waals surface area (Å²) in [7, 11) is 0. The highest BCUT2D eigenvalue weighted by atomic mass is 14.6. The molecule has 0 aliphatic heterocycles. The fourth-order valence-electron chi connectivity index (χ4n) is 1.31. The van der Waals surface area contributed by atoms with Crippen LogP contribution in [0.15, 0.2) is 30.3 Å². The molecule has 1 rings (SSSR count). The zero-order valence-corrected chi connectivity index (χ0v) is 8.38. The van der Waals surface area contributed by atoms with Gasteiger partial charge < -0.3 is 5.73 Å². The molecule has 0 aliphatic rings. The van der Waals surface area contributed by atoms with E-state index >= 15 is 0 Å². The maximum absolute atomic E-state index is 5.94. The Labute approximate surface area is 80.3 Å². The number of aryl methyl sites for hydroxylation is 1. The summed E-state index contributed by atoms with van der Waals surface area (Å²) in [6.45, 7) is 4.24. The molecule has 0 saturated heterocycles. The van der Waals surface area contributed by atoms with E-state index in [2.05, 4.69) is 32.1 Å². The minimum absolute atomic E-state index is 0.903. The molecule has 0 atom stereocenters. The van der Waals surface area contributed by atoms with Gasteiger partial charge in [-0.25, -0.2) is 0 Å². The van der Waals surface area contributed by atoms with Gasteiger partial charge in [0.15, 0.2) is 0 Å². The van der Waals surface area contributed by atoms with Crippen LogP contribution in [0.2, 0.25) is 0 Å². The van der Waals surface area contributed by atoms with Crippen molar-refractivity contribution in [2.75, 3.05) is 0 Å². The molecule has 0 spiro atoms. The molecule has 1 aromatic carbocycles. The molecule has 2 N–H and O–H groups in total. The molecule has 1 nitrogen and oxygen atoms in total. The molecule has 1 aromatic rings. The van der Waals surface area contributed by atoms with Crippen molar-refractivity contribution in [1.29, 1.82) is 0 Å². The first-order chi connectivity index (χ1) is 6.25. The second-order valence-corrected chi connectivity index (χ2v) is 3.26. The van der Waals surface area contributed by atoms with Gasteiger partial charge in [0.25, 0.3) is 0 Å². The van der Waals surface area contributed by atoms with E-state index in [9.17, 15) is 0 Å². The fraction of sp³-hybridized carbons (Fsp3) is 0.333. The van der Waals surface area contributed by atoms with Crippen LogP contribution < -0.4 is 5.73 Å². The van der Waals surface area contributed by atoms with Crippen LogP contribution in [0.25, 0.3) is 5.70 Å². The summed E-state index contributed by atoms with van der Waals surface area (Å²) >= 11 is 0. The van der Waals surface area contributed by atoms with E-state index in [-0.39, 0.29) is 0 Å². The van der Waals surface area contributed by atoms with E-state index in [4.69, 9.17) is 5.73 Å². The number of rotatable bonds is 3. The molecule has 13 heavy (non-hydrogen) atoms. The van der Waals surface area contributed by atoms with Gasteiger partial charge in [-0.2, -0.15) is 0 Å². The number of hydrogen-bond acceptors (Lipinski definition) is 1. The third-order valence-electron chi connectivity index (χ3n) is 2.11. The molecule has 0 saturated carbocycles. The average Bonchev–Trinajstić information content (AvgIpc) is 2.15. The molecule has 0 heterocycles. The lowest BCUT2D eigenvalue weighted by Crippen LogP contribution is -1.98. The van der Waals surface area contributed by atoms with Crippen LogP contribution >= 0.6 is 0 Å². The monoisotopic (exact) mass is 175 g/mol. The van der Waals surface area contributed by atoms with Gasteiger partial charge in [-0.3, -0.25) is 0 Å². The van der Waals surface area contributed by atoms with Crippen LogP contribution in [0.4, 0.5) is 0 Å². The Morgan fingerprint density at radius 1 is 1.38 bits per heavy atom. The Morgan fingerprint density at radius 2 is 2.08 bits per heavy atom. The van der Waals surface area contributed by atoms with Gasteiger partial charge in [-0.15, -0.1) is 0 Å². The first kappa shape index (κ1) is 9.85. The number of nitrogens with two attached hydrogens (primary N) is 1. The summed E-state index contributed by atoms with van der Waals surface area (Å²) in [5.74, 6) is 0. The van der Waals surface area contributed by atoms with Crippen molar-refractivity contribution < 1.29 is 0 Å². The second kappa shape index (κ2) is 4.70. The smallest absolute Gasteiger partial charge is 0.0349 e. The third-order valence-corrected chi connectivity index (χ3v) is 2.11. The Bertz CT molecular complexity index is 300. The Hall–Kier alpha value is -1.24. The van der Waals surface area contributed by atoms with E-state index in [1.165, 1.54) is 5.56 Å². The van der Waals surface area contributed by atoms with Crippen LogP contribution in [0.1, 0.15) is 30.9 Å². The lowest BCUT2D eigenvalue weighted by Gasteiger charge is -2.04. The highest BCUT2D eigenvalue weighted by Gasteiger charge is 1.98. The van der Waals surface area contributed by atoms with Gasteiger partial charge >= 0.3 is 0 Å². The summed E-state index contributed by atoms with van der Waals surface area (Å²) in [5, 5.41) is 0. The lowest BCUT2D eigenvalue weighted by atomic mass is 10.1. The molecule has 0 amide bonds. The molecule has 0 aliphatic carbocycles. The van der Waals surface area contributed by atoms with Crippen molar-refractivity contribution in [3.8, 4) is 0 Å². The number of unbranched alkanes of at least 4 members (excludes halogenated alkanes) is 1. The summed E-state index contributed by atoms with van der Waals surface area (Å²) in [6, 6.07) is 8.21. The van der Waals surface area contributed by atoms with Crippen molar-refractivity contribution in [1.82, 2.24) is 0 Å². The van der Waals surface area contributed by atoms with E-state index in [0.29, 0.717) is 0 Å². The molecule has 0 unspecified atom stereocenters. The Balaban J connectivity index is 2.88. The zero-order valence-electron chi connectivity index (χ0n) is 8.38. The number of benzene rings is 1. The Morgan fingerprint density at radius 3 is 2.69 bits per heavy atom. The predicted octanol–water partition coefficient (Wildman–Crippen LogP) is 3.09. The highest BCUT2D eigenvalue weighted by molar-refractivity contribution is 5.65. The molecular weight excluding hydrogens is 158 g/mol. The topological polar surface area (TPSA) is 26.0 Å². The van der Waals surface area contributed by atoms with Crippen LogP contribution in [0.3, 0.4) is 0 Å². The zero-order chi connectivity index (χ0) is 9.68. The number of hydrogen-bond donors (Lipinski definition) is 1. The molecule has 0 radical (unpaired) electrons. The van der Waals surface area contributed by atoms with E-state index in [1.54, 1.807) is 0 Å². The minimum atomic E-state index is 0.903. The molecular formula is C12H17N. The predicted molar refractivity (Wildman–Crippen MR) is 58.3 cm³/mol. The first-order valence-corrected chi connectivity index (χ1v) is 4.77. The van der Waals surface area contributed by atoms with Crippen molar-refractivity contribution >= 4 is 5.70 Å². The van der Waals surface area contributed by atoms with Crippen LogP contribution in [0.5, 0.6) is 0 Å². The van der Waals surface area contributed by atoms with Crippen LogP contribution in [-0.2, 0) is 0 Å². The van der Waals surface area contributed by atoms with Crippen molar-refractivity contribution in [3.05, 3.63) is 41.5 Å². The summed E-state index contributed by atoms with van der Waals surface area (Å²) < 4.78 is 0. The standard InChI is InChI=1S/C12H17N/c1-3-4-9-12(13)11-8-6-5-7-10(11)2/h5-9H,3-4,13H2,1-2H3/b12-9+. The quantitative estimate of drug-likeness (QED) is 0.750. The van der Waals surface area contributed by atoms with E-state index in [0.717, 1.165) is 24.1 Å². The normalized spacial score (nSPS) is 11.7. The van der Waals surface area contributed by atoms with Gasteiger partial charge in [-0.05, 0) is 24.5 Å². The van der Waals surface area contributed by atoms with Crippen molar-refractivity contribution in [2.45, 2.75) is 26.7 Å². The van der Waals surface area contributed by atoms with Gasteiger partial charge in [-0.1, -0.05) is 43.7 Å². The largest absolute Gasteiger partial charge is 0.398 e. The highest BCUT2D eigenvalue weighted by Crippen LogP contribution is 2.14. The molecule has 0 bridgehead atoms. The molecule has 70 valence electrons. The van der Waals surface area contributed by atoms with Crippen LogP contribution in [-0.4, -0.2) is 0 Å². The van der Waals surface area contributed by atoms with Gasteiger partial charge in [0.1, 0.15) is 0 Å². The fourth-order valence-corrected chi connectivity index (χ4v) is 1.31. The summed E-state index contributed by atoms with van der Waals surface area (Å²) in [6.07, 6.45) is 4.30. The second-order valence-electron chi connectivity index (χ2n) is 3.26. The maximum Gasteiger partial charge on any atom is 0.0349 e. The SMILES string of the molecule is CCC/C=C(/N)c1ccccc1C. The van der Waals surface area contributed by atoms with Gasteiger partial charge in [0.2, 0.25) is 0 Å². The summed E-state index contributed by atoms with van der Waals surface area (Å²) in [4.78, 5) is 0. The lowest BCUT2D eigenvalue weighted by molar-refractivity contribution is 0.958. The maximum atomic E-state index is 5.94. The minimum Gasteiger partial charge on any atom is -0.398 e. The van der Waals surface area contributed by atoms with Crippen molar-refractivity contribution in [3.63, 3.8) is 0 Å². The molecule has 0 aromatic heterocycles. The van der Waals surface area contributed by atoms with E-state index in [1.807, 2.05) is 12.1 Å². The Kier molecular flexibility index (Phi) is 3.56. The molecule has 0 fully saturated rings. The summed E-state index contributed by atoms with van der Waals surface area (Å²) in [5.41, 5.74) is 9.25.